The lowest BCUT2D eigenvalue weighted by molar-refractivity contribution is -0.274. The Kier molecular flexibility index (Phi) is 4.45. The molecule has 0 saturated carbocycles. The largest absolute Gasteiger partial charge is 0.573 e. The van der Waals surface area contributed by atoms with Gasteiger partial charge in [0, 0.05) is 19.1 Å². The van der Waals surface area contributed by atoms with Crippen LogP contribution in [0.25, 0.3) is 0 Å². The fourth-order valence-corrected chi connectivity index (χ4v) is 4.01. The van der Waals surface area contributed by atoms with Crippen LogP contribution in [0.15, 0.2) is 29.2 Å². The predicted octanol–water partition coefficient (Wildman–Crippen LogP) is 1.70. The van der Waals surface area contributed by atoms with E-state index < -0.39 is 22.1 Å². The Morgan fingerprint density at radius 3 is 2.43 bits per heavy atom. The summed E-state index contributed by atoms with van der Waals surface area (Å²) in [5, 5.41) is 0. The summed E-state index contributed by atoms with van der Waals surface area (Å²) in [6.45, 7) is 0.583. The van der Waals surface area contributed by atoms with E-state index >= 15 is 0 Å². The fourth-order valence-electron chi connectivity index (χ4n) is 2.31. The van der Waals surface area contributed by atoms with E-state index in [0.717, 1.165) is 30.7 Å². The van der Waals surface area contributed by atoms with E-state index in [1.54, 1.807) is 0 Å². The average molecular weight is 324 g/mol. The molecule has 0 aromatic heterocycles. The van der Waals surface area contributed by atoms with Gasteiger partial charge in [-0.1, -0.05) is 0 Å². The van der Waals surface area contributed by atoms with Crippen LogP contribution in [0.3, 0.4) is 0 Å². The van der Waals surface area contributed by atoms with Gasteiger partial charge in [0.25, 0.3) is 0 Å². The third-order valence-electron chi connectivity index (χ3n) is 3.26. The molecule has 1 saturated heterocycles. The van der Waals surface area contributed by atoms with Gasteiger partial charge in [0.1, 0.15) is 5.75 Å². The smallest absolute Gasteiger partial charge is 0.406 e. The lowest BCUT2D eigenvalue weighted by Gasteiger charge is -2.22. The molecule has 0 amide bonds. The highest BCUT2D eigenvalue weighted by Crippen LogP contribution is 2.28. The highest BCUT2D eigenvalue weighted by molar-refractivity contribution is 7.89. The van der Waals surface area contributed by atoms with Gasteiger partial charge in [-0.2, -0.15) is 4.31 Å². The van der Waals surface area contributed by atoms with Crippen LogP contribution in [0.1, 0.15) is 12.8 Å². The molecule has 2 rings (SSSR count). The highest BCUT2D eigenvalue weighted by Gasteiger charge is 2.35. The maximum absolute atomic E-state index is 12.4. The van der Waals surface area contributed by atoms with E-state index in [1.165, 1.54) is 4.31 Å². The van der Waals surface area contributed by atoms with Crippen molar-refractivity contribution < 1.29 is 26.3 Å². The molecule has 5 nitrogen and oxygen atoms in total. The first-order valence-corrected chi connectivity index (χ1v) is 7.76. The maximum Gasteiger partial charge on any atom is 0.573 e. The summed E-state index contributed by atoms with van der Waals surface area (Å²) in [5.41, 5.74) is 5.54. The molecule has 2 N–H and O–H groups in total. The van der Waals surface area contributed by atoms with Crippen LogP contribution in [-0.4, -0.2) is 38.2 Å². The molecular weight excluding hydrogens is 309 g/mol. The SMILES string of the molecule is NC[C@H]1CCCN1S(=O)(=O)c1ccc(OC(F)(F)F)cc1. The zero-order chi connectivity index (χ0) is 15.7. The molecule has 1 aliphatic heterocycles. The van der Waals surface area contributed by atoms with Crippen LogP contribution in [0.5, 0.6) is 5.75 Å². The molecule has 118 valence electrons. The third-order valence-corrected chi connectivity index (χ3v) is 5.23. The Morgan fingerprint density at radius 1 is 1.29 bits per heavy atom. The van der Waals surface area contributed by atoms with Crippen molar-refractivity contribution in [1.29, 1.82) is 0 Å². The van der Waals surface area contributed by atoms with Crippen molar-refractivity contribution >= 4 is 10.0 Å². The first kappa shape index (κ1) is 16.1. The zero-order valence-electron chi connectivity index (χ0n) is 11.0. The number of benzene rings is 1. The van der Waals surface area contributed by atoms with Gasteiger partial charge in [-0.3, -0.25) is 0 Å². The summed E-state index contributed by atoms with van der Waals surface area (Å²) in [7, 11) is -3.74. The van der Waals surface area contributed by atoms with Gasteiger partial charge in [0.05, 0.1) is 4.90 Å². The topological polar surface area (TPSA) is 72.6 Å². The van der Waals surface area contributed by atoms with Crippen LogP contribution >= 0.6 is 0 Å². The van der Waals surface area contributed by atoms with Gasteiger partial charge in [0.15, 0.2) is 0 Å². The first-order valence-electron chi connectivity index (χ1n) is 6.32. The molecule has 1 aliphatic rings. The van der Waals surface area contributed by atoms with Crippen molar-refractivity contribution in [3.8, 4) is 5.75 Å². The molecule has 1 heterocycles. The minimum absolute atomic E-state index is 0.0719. The zero-order valence-corrected chi connectivity index (χ0v) is 11.8. The number of hydrogen-bond acceptors (Lipinski definition) is 4. The molecule has 1 fully saturated rings. The maximum atomic E-state index is 12.4. The summed E-state index contributed by atoms with van der Waals surface area (Å²) in [5.74, 6) is -0.460. The number of halogens is 3. The number of ether oxygens (including phenoxy) is 1. The van der Waals surface area contributed by atoms with Crippen molar-refractivity contribution in [2.24, 2.45) is 5.73 Å². The third kappa shape index (κ3) is 3.66. The van der Waals surface area contributed by atoms with Gasteiger partial charge in [-0.05, 0) is 37.1 Å². The molecule has 1 aromatic rings. The van der Waals surface area contributed by atoms with Gasteiger partial charge >= 0.3 is 6.36 Å². The summed E-state index contributed by atoms with van der Waals surface area (Å²) in [6, 6.07) is 3.90. The first-order chi connectivity index (χ1) is 9.74. The molecule has 0 bridgehead atoms. The van der Waals surface area contributed by atoms with Crippen LogP contribution in [-0.2, 0) is 10.0 Å². The Hall–Kier alpha value is -1.32. The Bertz CT molecular complexity index is 587. The van der Waals surface area contributed by atoms with E-state index in [-0.39, 0.29) is 17.5 Å². The molecule has 1 atom stereocenters. The summed E-state index contributed by atoms with van der Waals surface area (Å²) in [6.07, 6.45) is -3.40. The Labute approximate surface area is 120 Å². The van der Waals surface area contributed by atoms with E-state index in [0.29, 0.717) is 13.0 Å². The van der Waals surface area contributed by atoms with E-state index in [1.807, 2.05) is 0 Å². The summed E-state index contributed by atoms with van der Waals surface area (Å²) in [4.78, 5) is -0.0719. The minimum Gasteiger partial charge on any atom is -0.406 e. The Morgan fingerprint density at radius 2 is 1.90 bits per heavy atom. The predicted molar refractivity (Wildman–Crippen MR) is 69.1 cm³/mol. The standard InChI is InChI=1S/C12H15F3N2O3S/c13-12(14,15)20-10-3-5-11(6-4-10)21(18,19)17-7-1-2-9(17)8-16/h3-6,9H,1-2,7-8,16H2/t9-/m1/s1. The van der Waals surface area contributed by atoms with Crippen molar-refractivity contribution in [3.63, 3.8) is 0 Å². The number of nitrogens with zero attached hydrogens (tertiary/aromatic N) is 1. The van der Waals surface area contributed by atoms with Crippen LogP contribution in [0, 0.1) is 0 Å². The number of rotatable bonds is 4. The van der Waals surface area contributed by atoms with Crippen LogP contribution < -0.4 is 10.5 Å². The van der Waals surface area contributed by atoms with Gasteiger partial charge < -0.3 is 10.5 Å². The monoisotopic (exact) mass is 324 g/mol. The highest BCUT2D eigenvalue weighted by atomic mass is 32.2. The van der Waals surface area contributed by atoms with E-state index in [2.05, 4.69) is 4.74 Å². The second-order valence-electron chi connectivity index (χ2n) is 4.67. The number of nitrogens with two attached hydrogens (primary N) is 1. The van der Waals surface area contributed by atoms with Gasteiger partial charge in [-0.15, -0.1) is 13.2 Å². The van der Waals surface area contributed by atoms with E-state index in [9.17, 15) is 21.6 Å². The molecular formula is C12H15F3N2O3S. The van der Waals surface area contributed by atoms with Gasteiger partial charge in [0.2, 0.25) is 10.0 Å². The lowest BCUT2D eigenvalue weighted by Crippen LogP contribution is -2.39. The molecule has 21 heavy (non-hydrogen) atoms. The Balaban J connectivity index is 2.21. The molecule has 0 spiro atoms. The summed E-state index contributed by atoms with van der Waals surface area (Å²) < 4.78 is 66.0. The average Bonchev–Trinajstić information content (AvgIpc) is 2.86. The van der Waals surface area contributed by atoms with Crippen LogP contribution in [0.2, 0.25) is 0 Å². The lowest BCUT2D eigenvalue weighted by atomic mass is 10.2. The van der Waals surface area contributed by atoms with Crippen molar-refractivity contribution in [1.82, 2.24) is 4.31 Å². The number of sulfonamides is 1. The number of hydrogen-bond donors (Lipinski definition) is 1. The quantitative estimate of drug-likeness (QED) is 0.915. The molecule has 0 unspecified atom stereocenters. The molecule has 1 aromatic carbocycles. The number of alkyl halides is 3. The fraction of sp³-hybridized carbons (Fsp3) is 0.500. The minimum atomic E-state index is -4.81. The van der Waals surface area contributed by atoms with Crippen LogP contribution in [0.4, 0.5) is 13.2 Å². The van der Waals surface area contributed by atoms with E-state index in [4.69, 9.17) is 5.73 Å². The van der Waals surface area contributed by atoms with Crippen molar-refractivity contribution in [3.05, 3.63) is 24.3 Å². The van der Waals surface area contributed by atoms with Crippen molar-refractivity contribution in [2.45, 2.75) is 30.1 Å². The second kappa shape index (κ2) is 5.82. The molecule has 9 heteroatoms. The van der Waals surface area contributed by atoms with Gasteiger partial charge in [-0.25, -0.2) is 8.42 Å². The molecule has 0 aliphatic carbocycles. The normalized spacial score (nSPS) is 20.7. The van der Waals surface area contributed by atoms with Crippen molar-refractivity contribution in [2.75, 3.05) is 13.1 Å². The molecule has 0 radical (unpaired) electrons. The second-order valence-corrected chi connectivity index (χ2v) is 6.56. The summed E-state index contributed by atoms with van der Waals surface area (Å²) >= 11 is 0.